The molecule has 0 atom stereocenters. The van der Waals surface area contributed by atoms with Crippen LogP contribution in [-0.4, -0.2) is 29.9 Å². The molecule has 8 heteroatoms. The standard InChI is InChI=1S/C18H18ClN3O3S/c1-13-6-5-7-14(10-13)12-26(23,24)22(2)11-17-20-18(21-25-17)15-8-3-4-9-16(15)19/h3-10H,11-12H2,1-2H3. The third kappa shape index (κ3) is 4.30. The number of nitrogens with zero attached hydrogens (tertiary/aromatic N) is 3. The van der Waals surface area contributed by atoms with Crippen LogP contribution in [0.4, 0.5) is 0 Å². The summed E-state index contributed by atoms with van der Waals surface area (Å²) in [6.45, 7) is 1.92. The van der Waals surface area contributed by atoms with Crippen LogP contribution >= 0.6 is 11.6 Å². The van der Waals surface area contributed by atoms with Gasteiger partial charge in [0.05, 0.1) is 17.3 Å². The van der Waals surface area contributed by atoms with Gasteiger partial charge in [-0.25, -0.2) is 8.42 Å². The van der Waals surface area contributed by atoms with Crippen LogP contribution in [0.25, 0.3) is 11.4 Å². The van der Waals surface area contributed by atoms with Crippen molar-refractivity contribution in [1.82, 2.24) is 14.4 Å². The predicted molar refractivity (Wildman–Crippen MR) is 100 cm³/mol. The summed E-state index contributed by atoms with van der Waals surface area (Å²) in [4.78, 5) is 4.25. The molecule has 0 saturated carbocycles. The second-order valence-corrected chi connectivity index (χ2v) is 8.48. The lowest BCUT2D eigenvalue weighted by Gasteiger charge is -2.15. The highest BCUT2D eigenvalue weighted by atomic mass is 35.5. The summed E-state index contributed by atoms with van der Waals surface area (Å²) in [6.07, 6.45) is 0. The summed E-state index contributed by atoms with van der Waals surface area (Å²) in [7, 11) is -2.02. The molecule has 0 aliphatic carbocycles. The lowest BCUT2D eigenvalue weighted by atomic mass is 10.2. The molecule has 3 aromatic rings. The Bertz CT molecular complexity index is 1020. The van der Waals surface area contributed by atoms with E-state index in [1.54, 1.807) is 24.3 Å². The molecule has 136 valence electrons. The molecule has 0 amide bonds. The molecule has 0 aliphatic heterocycles. The van der Waals surface area contributed by atoms with Crippen LogP contribution in [0.1, 0.15) is 17.0 Å². The number of hydrogen-bond acceptors (Lipinski definition) is 5. The number of sulfonamides is 1. The quantitative estimate of drug-likeness (QED) is 0.640. The summed E-state index contributed by atoms with van der Waals surface area (Å²) in [6, 6.07) is 14.5. The van der Waals surface area contributed by atoms with Crippen LogP contribution in [0.15, 0.2) is 53.1 Å². The minimum absolute atomic E-state index is 0.00833. The van der Waals surface area contributed by atoms with E-state index >= 15 is 0 Å². The molecule has 0 bridgehead atoms. The maximum absolute atomic E-state index is 12.6. The van der Waals surface area contributed by atoms with Crippen LogP contribution in [0.5, 0.6) is 0 Å². The van der Waals surface area contributed by atoms with Gasteiger partial charge in [0.2, 0.25) is 21.7 Å². The van der Waals surface area contributed by atoms with Gasteiger partial charge in [0.15, 0.2) is 0 Å². The predicted octanol–water partition coefficient (Wildman–Crippen LogP) is 3.66. The van der Waals surface area contributed by atoms with Crippen molar-refractivity contribution < 1.29 is 12.9 Å². The molecular formula is C18H18ClN3O3S. The van der Waals surface area contributed by atoms with Gasteiger partial charge in [-0.15, -0.1) is 0 Å². The molecule has 0 unspecified atom stereocenters. The Morgan fingerprint density at radius 3 is 2.65 bits per heavy atom. The Labute approximate surface area is 157 Å². The fraction of sp³-hybridized carbons (Fsp3) is 0.222. The summed E-state index contributed by atoms with van der Waals surface area (Å²) in [5.41, 5.74) is 2.38. The Kier molecular flexibility index (Phi) is 5.41. The molecular weight excluding hydrogens is 374 g/mol. The monoisotopic (exact) mass is 391 g/mol. The molecule has 0 spiro atoms. The van der Waals surface area contributed by atoms with Crippen molar-refractivity contribution in [3.63, 3.8) is 0 Å². The van der Waals surface area contributed by atoms with Gasteiger partial charge >= 0.3 is 0 Å². The van der Waals surface area contributed by atoms with Crippen LogP contribution in [0.2, 0.25) is 5.02 Å². The number of aryl methyl sites for hydroxylation is 1. The first-order chi connectivity index (χ1) is 12.3. The largest absolute Gasteiger partial charge is 0.338 e. The normalized spacial score (nSPS) is 11.8. The first-order valence-electron chi connectivity index (χ1n) is 7.92. The van der Waals surface area contributed by atoms with Gasteiger partial charge in [-0.2, -0.15) is 9.29 Å². The highest BCUT2D eigenvalue weighted by Gasteiger charge is 2.22. The van der Waals surface area contributed by atoms with Crippen molar-refractivity contribution in [3.8, 4) is 11.4 Å². The van der Waals surface area contributed by atoms with E-state index in [1.807, 2.05) is 31.2 Å². The van der Waals surface area contributed by atoms with Crippen LogP contribution in [0.3, 0.4) is 0 Å². The van der Waals surface area contributed by atoms with Crippen molar-refractivity contribution in [2.24, 2.45) is 0 Å². The summed E-state index contributed by atoms with van der Waals surface area (Å²) >= 11 is 6.12. The zero-order valence-electron chi connectivity index (χ0n) is 14.4. The van der Waals surface area contributed by atoms with Crippen LogP contribution in [-0.2, 0) is 22.3 Å². The number of rotatable bonds is 6. The fourth-order valence-corrected chi connectivity index (χ4v) is 3.83. The van der Waals surface area contributed by atoms with E-state index in [2.05, 4.69) is 10.1 Å². The first-order valence-corrected chi connectivity index (χ1v) is 9.91. The van der Waals surface area contributed by atoms with Crippen molar-refractivity contribution in [1.29, 1.82) is 0 Å². The topological polar surface area (TPSA) is 76.3 Å². The smallest absolute Gasteiger partial charge is 0.242 e. The van der Waals surface area contributed by atoms with E-state index in [9.17, 15) is 8.42 Å². The Balaban J connectivity index is 1.73. The van der Waals surface area contributed by atoms with Gasteiger partial charge in [-0.05, 0) is 24.6 Å². The van der Waals surface area contributed by atoms with Gasteiger partial charge < -0.3 is 4.52 Å². The average molecular weight is 392 g/mol. The maximum atomic E-state index is 12.6. The highest BCUT2D eigenvalue weighted by Crippen LogP contribution is 2.25. The molecule has 0 aliphatic rings. The van der Waals surface area contributed by atoms with E-state index < -0.39 is 10.0 Å². The van der Waals surface area contributed by atoms with Crippen molar-refractivity contribution >= 4 is 21.6 Å². The number of hydrogen-bond donors (Lipinski definition) is 0. The van der Waals surface area contributed by atoms with Gasteiger partial charge in [-0.3, -0.25) is 0 Å². The van der Waals surface area contributed by atoms with Crippen LogP contribution in [0, 0.1) is 6.92 Å². The van der Waals surface area contributed by atoms with E-state index in [0.717, 1.165) is 11.1 Å². The van der Waals surface area contributed by atoms with Crippen molar-refractivity contribution in [2.45, 2.75) is 19.2 Å². The first kappa shape index (κ1) is 18.6. The number of benzene rings is 2. The lowest BCUT2D eigenvalue weighted by molar-refractivity contribution is 0.336. The molecule has 3 rings (SSSR count). The molecule has 0 fully saturated rings. The minimum atomic E-state index is -3.51. The second kappa shape index (κ2) is 7.57. The van der Waals surface area contributed by atoms with E-state index in [-0.39, 0.29) is 18.2 Å². The zero-order valence-corrected chi connectivity index (χ0v) is 16.0. The Hall–Kier alpha value is -2.22. The summed E-state index contributed by atoms with van der Waals surface area (Å²) in [5, 5.41) is 4.39. The number of aromatic nitrogens is 2. The molecule has 0 N–H and O–H groups in total. The maximum Gasteiger partial charge on any atom is 0.242 e. The zero-order chi connectivity index (χ0) is 18.7. The SMILES string of the molecule is Cc1cccc(CS(=O)(=O)N(C)Cc2nc(-c3ccccc3Cl)no2)c1. The molecule has 0 saturated heterocycles. The molecule has 1 heterocycles. The van der Waals surface area contributed by atoms with E-state index in [4.69, 9.17) is 16.1 Å². The third-order valence-electron chi connectivity index (χ3n) is 3.85. The van der Waals surface area contributed by atoms with Gasteiger partial charge in [0.1, 0.15) is 0 Å². The molecule has 2 aromatic carbocycles. The van der Waals surface area contributed by atoms with Gasteiger partial charge in [0, 0.05) is 12.6 Å². The highest BCUT2D eigenvalue weighted by molar-refractivity contribution is 7.88. The number of halogens is 1. The lowest BCUT2D eigenvalue weighted by Crippen LogP contribution is -2.27. The van der Waals surface area contributed by atoms with Crippen LogP contribution < -0.4 is 0 Å². The average Bonchev–Trinajstić information content (AvgIpc) is 3.03. The fourth-order valence-electron chi connectivity index (χ4n) is 2.48. The second-order valence-electron chi connectivity index (χ2n) is 5.99. The Morgan fingerprint density at radius 2 is 1.92 bits per heavy atom. The third-order valence-corrected chi connectivity index (χ3v) is 5.95. The van der Waals surface area contributed by atoms with Gasteiger partial charge in [-0.1, -0.05) is 58.7 Å². The minimum Gasteiger partial charge on any atom is -0.338 e. The Morgan fingerprint density at radius 1 is 1.15 bits per heavy atom. The van der Waals surface area contributed by atoms with Crippen molar-refractivity contribution in [2.75, 3.05) is 7.05 Å². The molecule has 26 heavy (non-hydrogen) atoms. The van der Waals surface area contributed by atoms with E-state index in [0.29, 0.717) is 16.4 Å². The molecule has 1 aromatic heterocycles. The molecule has 6 nitrogen and oxygen atoms in total. The molecule has 0 radical (unpaired) electrons. The van der Waals surface area contributed by atoms with Crippen molar-refractivity contribution in [3.05, 3.63) is 70.6 Å². The summed E-state index contributed by atoms with van der Waals surface area (Å²) < 4.78 is 31.5. The summed E-state index contributed by atoms with van der Waals surface area (Å²) in [5.74, 6) is 0.446. The van der Waals surface area contributed by atoms with Gasteiger partial charge in [0.25, 0.3) is 0 Å². The van der Waals surface area contributed by atoms with E-state index in [1.165, 1.54) is 11.4 Å².